The fourth-order valence-electron chi connectivity index (χ4n) is 2.15. The third-order valence-corrected chi connectivity index (χ3v) is 3.73. The fraction of sp³-hybridized carbons (Fsp3) is 0.125. The Balaban J connectivity index is 2.00. The molecule has 0 saturated heterocycles. The highest BCUT2D eigenvalue weighted by Gasteiger charge is 2.09. The highest BCUT2D eigenvalue weighted by Crippen LogP contribution is 2.29. The molecule has 1 aromatic heterocycles. The number of hydrogen-bond acceptors (Lipinski definition) is 5. The first-order chi connectivity index (χ1) is 11.2. The molecule has 0 saturated carbocycles. The van der Waals surface area contributed by atoms with Gasteiger partial charge >= 0.3 is 0 Å². The number of nitrogens with zero attached hydrogens (tertiary/aromatic N) is 2. The summed E-state index contributed by atoms with van der Waals surface area (Å²) in [5.74, 6) is 1.06. The summed E-state index contributed by atoms with van der Waals surface area (Å²) in [4.78, 5) is 8.95. The SMILES string of the molecule is OCCNc1nc(Nc2ccc(Cl)cc2Cl)nc2ccccc12. The minimum Gasteiger partial charge on any atom is -0.395 e. The maximum Gasteiger partial charge on any atom is 0.229 e. The van der Waals surface area contributed by atoms with Crippen LogP contribution < -0.4 is 10.6 Å². The lowest BCUT2D eigenvalue weighted by atomic mass is 10.2. The maximum absolute atomic E-state index is 9.02. The molecule has 3 N–H and O–H groups in total. The normalized spacial score (nSPS) is 10.7. The van der Waals surface area contributed by atoms with Crippen LogP contribution in [-0.2, 0) is 0 Å². The van der Waals surface area contributed by atoms with E-state index < -0.39 is 0 Å². The van der Waals surface area contributed by atoms with E-state index in [1.54, 1.807) is 18.2 Å². The second kappa shape index (κ2) is 7.00. The summed E-state index contributed by atoms with van der Waals surface area (Å²) in [6.07, 6.45) is 0. The Morgan fingerprint density at radius 3 is 2.65 bits per heavy atom. The largest absolute Gasteiger partial charge is 0.395 e. The second-order valence-electron chi connectivity index (χ2n) is 4.81. The lowest BCUT2D eigenvalue weighted by Gasteiger charge is -2.12. The monoisotopic (exact) mass is 348 g/mol. The highest BCUT2D eigenvalue weighted by molar-refractivity contribution is 6.36. The quantitative estimate of drug-likeness (QED) is 0.647. The summed E-state index contributed by atoms with van der Waals surface area (Å²) >= 11 is 12.1. The maximum atomic E-state index is 9.02. The van der Waals surface area contributed by atoms with Gasteiger partial charge in [0.25, 0.3) is 0 Å². The number of halogens is 2. The van der Waals surface area contributed by atoms with E-state index >= 15 is 0 Å². The van der Waals surface area contributed by atoms with Gasteiger partial charge in [-0.2, -0.15) is 4.98 Å². The van der Waals surface area contributed by atoms with Gasteiger partial charge < -0.3 is 15.7 Å². The molecule has 0 spiro atoms. The molecule has 118 valence electrons. The van der Waals surface area contributed by atoms with Gasteiger partial charge in [0.05, 0.1) is 22.8 Å². The predicted molar refractivity (Wildman–Crippen MR) is 94.9 cm³/mol. The Morgan fingerprint density at radius 1 is 1.04 bits per heavy atom. The van der Waals surface area contributed by atoms with Crippen LogP contribution in [0.1, 0.15) is 0 Å². The number of hydrogen-bond donors (Lipinski definition) is 3. The number of benzene rings is 2. The van der Waals surface area contributed by atoms with Crippen molar-refractivity contribution in [1.29, 1.82) is 0 Å². The Morgan fingerprint density at radius 2 is 1.87 bits per heavy atom. The zero-order valence-electron chi connectivity index (χ0n) is 12.1. The first kappa shape index (κ1) is 15.8. The van der Waals surface area contributed by atoms with Gasteiger partial charge in [0.2, 0.25) is 5.95 Å². The molecule has 7 heteroatoms. The lowest BCUT2D eigenvalue weighted by Crippen LogP contribution is -2.09. The van der Waals surface area contributed by atoms with Gasteiger partial charge in [-0.05, 0) is 30.3 Å². The number of fused-ring (bicyclic) bond motifs is 1. The molecular weight excluding hydrogens is 335 g/mol. The van der Waals surface area contributed by atoms with E-state index in [-0.39, 0.29) is 6.61 Å². The number of aliphatic hydroxyl groups is 1. The van der Waals surface area contributed by atoms with Crippen LogP contribution in [-0.4, -0.2) is 28.2 Å². The van der Waals surface area contributed by atoms with E-state index in [4.69, 9.17) is 28.3 Å². The molecule has 5 nitrogen and oxygen atoms in total. The smallest absolute Gasteiger partial charge is 0.229 e. The van der Waals surface area contributed by atoms with E-state index in [9.17, 15) is 0 Å². The van der Waals surface area contributed by atoms with Crippen molar-refractivity contribution >= 4 is 51.6 Å². The molecule has 0 unspecified atom stereocenters. The third-order valence-electron chi connectivity index (χ3n) is 3.19. The van der Waals surface area contributed by atoms with Gasteiger partial charge in [0.1, 0.15) is 5.82 Å². The Kier molecular flexibility index (Phi) is 4.81. The van der Waals surface area contributed by atoms with Crippen LogP contribution in [0.25, 0.3) is 10.9 Å². The van der Waals surface area contributed by atoms with Crippen molar-refractivity contribution in [2.45, 2.75) is 0 Å². The van der Waals surface area contributed by atoms with Crippen molar-refractivity contribution in [1.82, 2.24) is 9.97 Å². The number of aromatic nitrogens is 2. The van der Waals surface area contributed by atoms with E-state index in [0.29, 0.717) is 34.0 Å². The van der Waals surface area contributed by atoms with E-state index in [1.807, 2.05) is 24.3 Å². The average Bonchev–Trinajstić information content (AvgIpc) is 2.55. The van der Waals surface area contributed by atoms with Crippen LogP contribution in [0.5, 0.6) is 0 Å². The van der Waals surface area contributed by atoms with Crippen molar-refractivity contribution in [3.8, 4) is 0 Å². The van der Waals surface area contributed by atoms with Gasteiger partial charge in [-0.1, -0.05) is 35.3 Å². The zero-order valence-corrected chi connectivity index (χ0v) is 13.6. The third kappa shape index (κ3) is 3.64. The second-order valence-corrected chi connectivity index (χ2v) is 5.66. The van der Waals surface area contributed by atoms with Crippen LogP contribution >= 0.6 is 23.2 Å². The number of rotatable bonds is 5. The molecule has 23 heavy (non-hydrogen) atoms. The van der Waals surface area contributed by atoms with Gasteiger partial charge in [-0.15, -0.1) is 0 Å². The van der Waals surface area contributed by atoms with E-state index in [2.05, 4.69) is 20.6 Å². The average molecular weight is 349 g/mol. The molecule has 0 amide bonds. The van der Waals surface area contributed by atoms with Crippen LogP contribution in [0.4, 0.5) is 17.5 Å². The Labute approximate surface area is 143 Å². The molecule has 0 radical (unpaired) electrons. The summed E-state index contributed by atoms with van der Waals surface area (Å²) in [6.45, 7) is 0.423. The summed E-state index contributed by atoms with van der Waals surface area (Å²) in [5, 5.41) is 17.1. The van der Waals surface area contributed by atoms with Crippen molar-refractivity contribution in [2.24, 2.45) is 0 Å². The first-order valence-corrected chi connectivity index (χ1v) is 7.76. The molecule has 1 heterocycles. The Hall–Kier alpha value is -2.08. The van der Waals surface area contributed by atoms with Crippen molar-refractivity contribution in [2.75, 3.05) is 23.8 Å². The molecule has 0 bridgehead atoms. The number of anilines is 3. The van der Waals surface area contributed by atoms with Crippen molar-refractivity contribution in [3.05, 3.63) is 52.5 Å². The summed E-state index contributed by atoms with van der Waals surface area (Å²) in [7, 11) is 0. The van der Waals surface area contributed by atoms with Crippen LogP contribution in [0, 0.1) is 0 Å². The van der Waals surface area contributed by atoms with Crippen LogP contribution in [0.15, 0.2) is 42.5 Å². The predicted octanol–water partition coefficient (Wildman–Crippen LogP) is 4.08. The fourth-order valence-corrected chi connectivity index (χ4v) is 2.61. The van der Waals surface area contributed by atoms with Gasteiger partial charge in [-0.25, -0.2) is 4.98 Å². The van der Waals surface area contributed by atoms with Crippen LogP contribution in [0.3, 0.4) is 0 Å². The van der Waals surface area contributed by atoms with Crippen molar-refractivity contribution < 1.29 is 5.11 Å². The standard InChI is InChI=1S/C16H14Cl2N4O/c17-10-5-6-14(12(18)9-10)21-16-20-13-4-2-1-3-11(13)15(22-16)19-7-8-23/h1-6,9,23H,7-8H2,(H2,19,20,21,22). The van der Waals surface area contributed by atoms with Gasteiger partial charge in [-0.3, -0.25) is 0 Å². The van der Waals surface area contributed by atoms with E-state index in [0.717, 1.165) is 10.9 Å². The molecule has 0 atom stereocenters. The zero-order chi connectivity index (χ0) is 16.2. The molecule has 0 fully saturated rings. The van der Waals surface area contributed by atoms with E-state index in [1.165, 1.54) is 0 Å². The number of nitrogens with one attached hydrogen (secondary N) is 2. The summed E-state index contributed by atoms with van der Waals surface area (Å²) in [6, 6.07) is 12.8. The molecule has 0 aliphatic rings. The minimum absolute atomic E-state index is 0.0180. The number of para-hydroxylation sites is 1. The minimum atomic E-state index is 0.0180. The summed E-state index contributed by atoms with van der Waals surface area (Å²) < 4.78 is 0. The van der Waals surface area contributed by atoms with Crippen LogP contribution in [0.2, 0.25) is 10.0 Å². The Bertz CT molecular complexity index is 841. The van der Waals surface area contributed by atoms with Gasteiger partial charge in [0.15, 0.2) is 0 Å². The molecular formula is C16H14Cl2N4O. The molecule has 3 aromatic rings. The molecule has 0 aliphatic heterocycles. The first-order valence-electron chi connectivity index (χ1n) is 7.01. The highest BCUT2D eigenvalue weighted by atomic mass is 35.5. The lowest BCUT2D eigenvalue weighted by molar-refractivity contribution is 0.311. The molecule has 3 rings (SSSR count). The topological polar surface area (TPSA) is 70.1 Å². The van der Waals surface area contributed by atoms with Crippen molar-refractivity contribution in [3.63, 3.8) is 0 Å². The summed E-state index contributed by atoms with van der Waals surface area (Å²) in [5.41, 5.74) is 1.45. The number of aliphatic hydroxyl groups excluding tert-OH is 1. The van der Waals surface area contributed by atoms with Gasteiger partial charge in [0, 0.05) is 17.0 Å². The molecule has 2 aromatic carbocycles. The molecule has 0 aliphatic carbocycles.